The smallest absolute Gasteiger partial charge is 0.159 e. The lowest BCUT2D eigenvalue weighted by molar-refractivity contribution is 0.662. The predicted molar refractivity (Wildman–Crippen MR) is 84.1 cm³/mol. The maximum Gasteiger partial charge on any atom is 0.159 e. The molecule has 1 aromatic carbocycles. The Labute approximate surface area is 118 Å². The second-order valence-electron chi connectivity index (χ2n) is 5.27. The number of hydrogen-bond acceptors (Lipinski definition) is 3. The molecule has 0 N–H and O–H groups in total. The molecule has 0 aliphatic heterocycles. The van der Waals surface area contributed by atoms with Crippen molar-refractivity contribution in [3.05, 3.63) is 48.9 Å². The van der Waals surface area contributed by atoms with Crippen molar-refractivity contribution in [2.24, 2.45) is 0 Å². The Morgan fingerprint density at radius 1 is 1.25 bits per heavy atom. The number of pyridine rings is 1. The molecule has 0 saturated heterocycles. The van der Waals surface area contributed by atoms with Crippen LogP contribution in [-0.4, -0.2) is 11.0 Å². The van der Waals surface area contributed by atoms with Gasteiger partial charge in [0.25, 0.3) is 0 Å². The van der Waals surface area contributed by atoms with Crippen molar-refractivity contribution in [1.82, 2.24) is 4.98 Å². The van der Waals surface area contributed by atoms with Gasteiger partial charge in [-0.25, -0.2) is 0 Å². The Hall–Kier alpha value is -2.29. The molecule has 3 rings (SSSR count). The largest absolute Gasteiger partial charge is 0.454 e. The van der Waals surface area contributed by atoms with Crippen LogP contribution in [0.4, 0.5) is 5.69 Å². The minimum absolute atomic E-state index is 0.322. The van der Waals surface area contributed by atoms with Crippen LogP contribution in [0.5, 0.6) is 0 Å². The molecular formula is C17H18N2O. The summed E-state index contributed by atoms with van der Waals surface area (Å²) in [6.07, 6.45) is 5.47. The lowest BCUT2D eigenvalue weighted by Gasteiger charge is -2.26. The van der Waals surface area contributed by atoms with E-state index in [0.29, 0.717) is 6.04 Å². The van der Waals surface area contributed by atoms with Crippen molar-refractivity contribution in [2.75, 3.05) is 4.90 Å². The van der Waals surface area contributed by atoms with E-state index >= 15 is 0 Å². The first-order chi connectivity index (χ1) is 9.63. The topological polar surface area (TPSA) is 29.3 Å². The van der Waals surface area contributed by atoms with Gasteiger partial charge in [-0.15, -0.1) is 0 Å². The van der Waals surface area contributed by atoms with Crippen LogP contribution in [0.3, 0.4) is 0 Å². The number of nitrogens with zero attached hydrogens (tertiary/aromatic N) is 2. The number of furan rings is 1. The third-order valence-electron chi connectivity index (χ3n) is 3.63. The highest BCUT2D eigenvalue weighted by Gasteiger charge is 2.18. The van der Waals surface area contributed by atoms with Crippen molar-refractivity contribution in [3.63, 3.8) is 0 Å². The van der Waals surface area contributed by atoms with Gasteiger partial charge in [-0.2, -0.15) is 0 Å². The summed E-state index contributed by atoms with van der Waals surface area (Å²) in [5, 5.41) is 2.15. The second kappa shape index (κ2) is 4.67. The molecule has 0 amide bonds. The Bertz CT molecular complexity index is 786. The Morgan fingerprint density at radius 3 is 2.75 bits per heavy atom. The molecule has 2 aromatic heterocycles. The molecule has 0 unspecified atom stereocenters. The van der Waals surface area contributed by atoms with Crippen molar-refractivity contribution < 1.29 is 4.42 Å². The minimum atomic E-state index is 0.322. The number of aryl methyl sites for hydroxylation is 1. The van der Waals surface area contributed by atoms with Crippen molar-refractivity contribution >= 4 is 27.6 Å². The highest BCUT2D eigenvalue weighted by atomic mass is 16.3. The van der Waals surface area contributed by atoms with E-state index in [9.17, 15) is 0 Å². The van der Waals surface area contributed by atoms with E-state index in [2.05, 4.69) is 49.4 Å². The standard InChI is InChI=1S/C17H18N2O/c1-5-19(11(2)3)16-12(4)6-7-13-14-10-18-9-8-15(14)20-17(13)16/h5-11H,1H2,2-4H3. The number of benzene rings is 1. The number of fused-ring (bicyclic) bond motifs is 3. The molecular weight excluding hydrogens is 248 g/mol. The first-order valence-corrected chi connectivity index (χ1v) is 6.80. The zero-order valence-corrected chi connectivity index (χ0v) is 12.1. The predicted octanol–water partition coefficient (Wildman–Crippen LogP) is 4.65. The van der Waals surface area contributed by atoms with Crippen LogP contribution >= 0.6 is 0 Å². The summed E-state index contributed by atoms with van der Waals surface area (Å²) in [5.41, 5.74) is 4.04. The highest BCUT2D eigenvalue weighted by Crippen LogP contribution is 2.37. The lowest BCUT2D eigenvalue weighted by Crippen LogP contribution is -2.25. The fourth-order valence-electron chi connectivity index (χ4n) is 2.65. The van der Waals surface area contributed by atoms with Crippen LogP contribution in [-0.2, 0) is 0 Å². The summed E-state index contributed by atoms with van der Waals surface area (Å²) < 4.78 is 6.07. The van der Waals surface area contributed by atoms with Gasteiger partial charge in [0.05, 0.1) is 5.69 Å². The van der Waals surface area contributed by atoms with Crippen LogP contribution in [0.25, 0.3) is 21.9 Å². The summed E-state index contributed by atoms with van der Waals surface area (Å²) >= 11 is 0. The summed E-state index contributed by atoms with van der Waals surface area (Å²) in [5.74, 6) is 0. The molecule has 3 aromatic rings. The van der Waals surface area contributed by atoms with Crippen LogP contribution in [0.2, 0.25) is 0 Å². The number of anilines is 1. The van der Waals surface area contributed by atoms with Gasteiger partial charge in [-0.05, 0) is 38.6 Å². The number of hydrogen-bond donors (Lipinski definition) is 0. The van der Waals surface area contributed by atoms with Crippen molar-refractivity contribution in [1.29, 1.82) is 0 Å². The summed E-state index contributed by atoms with van der Waals surface area (Å²) in [6, 6.07) is 6.45. The average Bonchev–Trinajstić information content (AvgIpc) is 2.80. The van der Waals surface area contributed by atoms with Crippen LogP contribution in [0.1, 0.15) is 19.4 Å². The monoisotopic (exact) mass is 266 g/mol. The SMILES string of the molecule is C=CN(c1c(C)ccc2c1oc1ccncc12)C(C)C. The molecule has 0 aliphatic rings. The van der Waals surface area contributed by atoms with Crippen molar-refractivity contribution in [2.45, 2.75) is 26.8 Å². The molecule has 3 nitrogen and oxygen atoms in total. The first-order valence-electron chi connectivity index (χ1n) is 6.80. The third kappa shape index (κ3) is 1.78. The summed E-state index contributed by atoms with van der Waals surface area (Å²) in [7, 11) is 0. The zero-order valence-electron chi connectivity index (χ0n) is 12.1. The average molecular weight is 266 g/mol. The van der Waals surface area contributed by atoms with Gasteiger partial charge in [0, 0.05) is 29.2 Å². The third-order valence-corrected chi connectivity index (χ3v) is 3.63. The normalized spacial score (nSPS) is 11.4. The molecule has 0 atom stereocenters. The van der Waals surface area contributed by atoms with Gasteiger partial charge >= 0.3 is 0 Å². The van der Waals surface area contributed by atoms with E-state index in [1.807, 2.05) is 18.5 Å². The molecule has 102 valence electrons. The highest BCUT2D eigenvalue weighted by molar-refractivity contribution is 6.09. The Kier molecular flexibility index (Phi) is 2.97. The van der Waals surface area contributed by atoms with E-state index in [4.69, 9.17) is 4.42 Å². The fourth-order valence-corrected chi connectivity index (χ4v) is 2.65. The maximum absolute atomic E-state index is 6.07. The van der Waals surface area contributed by atoms with Gasteiger partial charge in [0.15, 0.2) is 5.58 Å². The van der Waals surface area contributed by atoms with Gasteiger partial charge < -0.3 is 9.32 Å². The van der Waals surface area contributed by atoms with Crippen LogP contribution in [0.15, 0.2) is 47.8 Å². The molecule has 0 bridgehead atoms. The molecule has 0 radical (unpaired) electrons. The van der Waals surface area contributed by atoms with Gasteiger partial charge in [0.1, 0.15) is 5.58 Å². The molecule has 0 spiro atoms. The van der Waals surface area contributed by atoms with Crippen LogP contribution < -0.4 is 4.90 Å². The van der Waals surface area contributed by atoms with E-state index < -0.39 is 0 Å². The van der Waals surface area contributed by atoms with E-state index in [1.54, 1.807) is 6.20 Å². The van der Waals surface area contributed by atoms with E-state index in [1.165, 1.54) is 5.56 Å². The summed E-state index contributed by atoms with van der Waals surface area (Å²) in [4.78, 5) is 6.34. The van der Waals surface area contributed by atoms with E-state index in [0.717, 1.165) is 27.6 Å². The molecule has 2 heterocycles. The molecule has 0 fully saturated rings. The molecule has 20 heavy (non-hydrogen) atoms. The first kappa shape index (κ1) is 12.7. The fraction of sp³-hybridized carbons (Fsp3) is 0.235. The lowest BCUT2D eigenvalue weighted by atomic mass is 10.1. The zero-order chi connectivity index (χ0) is 14.3. The molecule has 0 saturated carbocycles. The number of aromatic nitrogens is 1. The molecule has 0 aliphatic carbocycles. The Balaban J connectivity index is 2.40. The van der Waals surface area contributed by atoms with Gasteiger partial charge in [-0.1, -0.05) is 18.7 Å². The minimum Gasteiger partial charge on any atom is -0.454 e. The quantitative estimate of drug-likeness (QED) is 0.691. The second-order valence-corrected chi connectivity index (χ2v) is 5.27. The maximum atomic E-state index is 6.07. The summed E-state index contributed by atoms with van der Waals surface area (Å²) in [6.45, 7) is 10.3. The van der Waals surface area contributed by atoms with Crippen molar-refractivity contribution in [3.8, 4) is 0 Å². The number of rotatable bonds is 3. The van der Waals surface area contributed by atoms with Crippen LogP contribution in [0, 0.1) is 6.92 Å². The Morgan fingerprint density at radius 2 is 2.05 bits per heavy atom. The molecule has 3 heteroatoms. The van der Waals surface area contributed by atoms with E-state index in [-0.39, 0.29) is 0 Å². The van der Waals surface area contributed by atoms with Gasteiger partial charge in [-0.3, -0.25) is 4.98 Å². The van der Waals surface area contributed by atoms with Gasteiger partial charge in [0.2, 0.25) is 0 Å².